The maximum absolute atomic E-state index is 14.0. The molecule has 2 atom stereocenters. The van der Waals surface area contributed by atoms with Crippen molar-refractivity contribution >= 4 is 5.95 Å². The number of hydrogen-bond donors (Lipinski definition) is 0. The van der Waals surface area contributed by atoms with E-state index in [-0.39, 0.29) is 30.0 Å². The van der Waals surface area contributed by atoms with Crippen LogP contribution in [0.1, 0.15) is 83.2 Å². The monoisotopic (exact) mass is 690 g/mol. The predicted molar refractivity (Wildman–Crippen MR) is 152 cm³/mol. The number of piperidine rings is 1. The number of anilines is 1. The Hall–Kier alpha value is -4.22. The minimum Gasteiger partial charge on any atom is -0.339 e. The van der Waals surface area contributed by atoms with Crippen molar-refractivity contribution in [2.75, 3.05) is 18.0 Å². The fourth-order valence-corrected chi connectivity index (χ4v) is 6.02. The molecule has 0 radical (unpaired) electrons. The molecule has 1 aliphatic heterocycles. The van der Waals surface area contributed by atoms with Gasteiger partial charge in [0.25, 0.3) is 5.95 Å². The Balaban J connectivity index is 1.56. The maximum Gasteiger partial charge on any atom is 0.416 e. The van der Waals surface area contributed by atoms with Crippen LogP contribution >= 0.6 is 0 Å². The first-order chi connectivity index (χ1) is 22.4. The van der Waals surface area contributed by atoms with Crippen LogP contribution in [0, 0.1) is 6.92 Å². The first kappa shape index (κ1) is 35.1. The quantitative estimate of drug-likeness (QED) is 0.167. The molecule has 0 saturated carbocycles. The third-order valence-corrected chi connectivity index (χ3v) is 8.16. The van der Waals surface area contributed by atoms with Crippen molar-refractivity contribution in [3.63, 3.8) is 0 Å². The lowest BCUT2D eigenvalue weighted by atomic mass is 9.90. The number of aryl methyl sites for hydroxylation is 2. The normalized spacial score (nSPS) is 17.1. The fourth-order valence-electron chi connectivity index (χ4n) is 6.02. The number of tetrazole rings is 1. The summed E-state index contributed by atoms with van der Waals surface area (Å²) in [6.07, 6.45) is -13.0. The van der Waals surface area contributed by atoms with Gasteiger partial charge in [0, 0.05) is 25.7 Å². The number of nitrogens with zero attached hydrogens (tertiary/aromatic N) is 8. The van der Waals surface area contributed by atoms with Crippen molar-refractivity contribution in [2.24, 2.45) is 7.05 Å². The van der Waals surface area contributed by atoms with Crippen molar-refractivity contribution in [3.05, 3.63) is 81.5 Å². The number of aromatic nitrogens is 6. The third-order valence-electron chi connectivity index (χ3n) is 8.16. The Labute approximate surface area is 268 Å². The molecule has 0 spiro atoms. The molecular formula is C30H31F9N8O. The van der Waals surface area contributed by atoms with Gasteiger partial charge in [0.1, 0.15) is 0 Å². The van der Waals surface area contributed by atoms with Crippen LogP contribution in [0.15, 0.2) is 40.9 Å². The Morgan fingerprint density at radius 1 is 0.917 bits per heavy atom. The van der Waals surface area contributed by atoms with Crippen LogP contribution in [0.5, 0.6) is 0 Å². The Bertz CT molecular complexity index is 1680. The average Bonchev–Trinajstić information content (AvgIpc) is 3.64. The molecule has 0 aliphatic carbocycles. The highest BCUT2D eigenvalue weighted by atomic mass is 19.4. The number of alkyl halides is 9. The summed E-state index contributed by atoms with van der Waals surface area (Å²) >= 11 is 0. The molecule has 9 nitrogen and oxygen atoms in total. The molecule has 1 fully saturated rings. The smallest absolute Gasteiger partial charge is 0.339 e. The van der Waals surface area contributed by atoms with Gasteiger partial charge in [-0.25, -0.2) is 0 Å². The highest BCUT2D eigenvalue weighted by molar-refractivity contribution is 5.42. The zero-order chi connectivity index (χ0) is 35.0. The van der Waals surface area contributed by atoms with E-state index < -0.39 is 53.4 Å². The summed E-state index contributed by atoms with van der Waals surface area (Å²) in [5.41, 5.74) is -3.79. The van der Waals surface area contributed by atoms with Crippen molar-refractivity contribution in [3.8, 4) is 0 Å². The lowest BCUT2D eigenvalue weighted by Gasteiger charge is -2.38. The molecule has 260 valence electrons. The second-order valence-corrected chi connectivity index (χ2v) is 11.7. The summed E-state index contributed by atoms with van der Waals surface area (Å²) < 4.78 is 129. The van der Waals surface area contributed by atoms with Gasteiger partial charge in [-0.2, -0.15) is 49.3 Å². The van der Waals surface area contributed by atoms with Gasteiger partial charge in [-0.1, -0.05) is 23.2 Å². The third kappa shape index (κ3) is 8.07. The average molecular weight is 691 g/mol. The van der Waals surface area contributed by atoms with Gasteiger partial charge in [-0.15, -0.1) is 5.10 Å². The van der Waals surface area contributed by atoms with Crippen LogP contribution in [0.25, 0.3) is 0 Å². The first-order valence-corrected chi connectivity index (χ1v) is 14.9. The van der Waals surface area contributed by atoms with Crippen LogP contribution in [0.3, 0.4) is 0 Å². The van der Waals surface area contributed by atoms with Gasteiger partial charge in [-0.05, 0) is 85.0 Å². The second-order valence-electron chi connectivity index (χ2n) is 11.7. The summed E-state index contributed by atoms with van der Waals surface area (Å²) in [6.45, 7) is 3.66. The van der Waals surface area contributed by atoms with E-state index in [2.05, 4.69) is 30.5 Å². The SMILES string of the molecule is CCC(c1ccc(C(F)(F)F)cc1CN(Cc1cc(C(F)(F)F)cc(C(F)(F)F)c1)c1nnn(C)n1)N1CCCC(c2nc(C)no2)C1. The molecule has 1 saturated heterocycles. The van der Waals surface area contributed by atoms with Gasteiger partial charge in [0.15, 0.2) is 5.82 Å². The topological polar surface area (TPSA) is 89.0 Å². The van der Waals surface area contributed by atoms with E-state index in [4.69, 9.17) is 4.52 Å². The second kappa shape index (κ2) is 13.4. The lowest BCUT2D eigenvalue weighted by Crippen LogP contribution is -2.38. The van der Waals surface area contributed by atoms with Crippen LogP contribution in [0.4, 0.5) is 45.5 Å². The summed E-state index contributed by atoms with van der Waals surface area (Å²) in [5.74, 6) is 0.611. The van der Waals surface area contributed by atoms with Gasteiger partial charge >= 0.3 is 18.5 Å². The van der Waals surface area contributed by atoms with E-state index in [1.807, 2.05) is 6.92 Å². The van der Waals surface area contributed by atoms with E-state index in [0.717, 1.165) is 29.8 Å². The van der Waals surface area contributed by atoms with Crippen molar-refractivity contribution in [2.45, 2.75) is 76.7 Å². The number of rotatable bonds is 9. The molecule has 3 heterocycles. The van der Waals surface area contributed by atoms with Gasteiger partial charge in [0.2, 0.25) is 5.89 Å². The Morgan fingerprint density at radius 2 is 1.58 bits per heavy atom. The van der Waals surface area contributed by atoms with Crippen molar-refractivity contribution < 1.29 is 44.0 Å². The molecule has 0 N–H and O–H groups in total. The number of halogens is 9. The standard InChI is InChI=1S/C30H31F9N8O/c1-4-25(46-9-5-6-19(15-46)26-40-17(2)43-48-26)24-8-7-21(28(31,32)33)12-20(24)16-47(27-41-44-45(3)42-27)14-18-10-22(29(34,35)36)13-23(11-18)30(37,38)39/h7-8,10-13,19,25H,4-6,9,14-16H2,1-3H3. The lowest BCUT2D eigenvalue weighted by molar-refractivity contribution is -0.143. The summed E-state index contributed by atoms with van der Waals surface area (Å²) in [7, 11) is 1.39. The minimum absolute atomic E-state index is 0.00662. The Kier molecular flexibility index (Phi) is 9.76. The molecule has 2 aromatic carbocycles. The largest absolute Gasteiger partial charge is 0.416 e. The number of likely N-dealkylation sites (tertiary alicyclic amines) is 1. The molecular weight excluding hydrogens is 659 g/mol. The van der Waals surface area contributed by atoms with Crippen LogP contribution in [0.2, 0.25) is 0 Å². The minimum atomic E-state index is -5.10. The van der Waals surface area contributed by atoms with E-state index in [0.29, 0.717) is 48.9 Å². The molecule has 2 unspecified atom stereocenters. The predicted octanol–water partition coefficient (Wildman–Crippen LogP) is 7.50. The van der Waals surface area contributed by atoms with Crippen molar-refractivity contribution in [1.29, 1.82) is 0 Å². The molecule has 2 aromatic heterocycles. The highest BCUT2D eigenvalue weighted by Crippen LogP contribution is 2.39. The first-order valence-electron chi connectivity index (χ1n) is 14.9. The van der Waals surface area contributed by atoms with Crippen LogP contribution < -0.4 is 4.90 Å². The van der Waals surface area contributed by atoms with Crippen LogP contribution in [-0.2, 0) is 38.7 Å². The summed E-state index contributed by atoms with van der Waals surface area (Å²) in [5, 5.41) is 15.5. The molecule has 48 heavy (non-hydrogen) atoms. The molecule has 5 rings (SSSR count). The summed E-state index contributed by atoms with van der Waals surface area (Å²) in [4.78, 5) is 8.67. The molecule has 0 amide bonds. The maximum atomic E-state index is 14.0. The van der Waals surface area contributed by atoms with Gasteiger partial charge < -0.3 is 9.42 Å². The molecule has 1 aliphatic rings. The van der Waals surface area contributed by atoms with Crippen molar-refractivity contribution in [1.82, 2.24) is 35.2 Å². The number of benzene rings is 2. The fraction of sp³-hybridized carbons (Fsp3) is 0.500. The molecule has 4 aromatic rings. The van der Waals surface area contributed by atoms with E-state index >= 15 is 0 Å². The van der Waals surface area contributed by atoms with Gasteiger partial charge in [-0.3, -0.25) is 4.90 Å². The number of hydrogen-bond acceptors (Lipinski definition) is 8. The molecule has 0 bridgehead atoms. The Morgan fingerprint density at radius 3 is 2.12 bits per heavy atom. The van der Waals surface area contributed by atoms with E-state index in [1.54, 1.807) is 6.92 Å². The summed E-state index contributed by atoms with van der Waals surface area (Å²) in [6, 6.07) is 3.99. The van der Waals surface area contributed by atoms with Gasteiger partial charge in [0.05, 0.1) is 29.7 Å². The zero-order valence-corrected chi connectivity index (χ0v) is 26.0. The highest BCUT2D eigenvalue weighted by Gasteiger charge is 2.38. The molecule has 18 heteroatoms. The van der Waals surface area contributed by atoms with Crippen LogP contribution in [-0.4, -0.2) is 48.3 Å². The zero-order valence-electron chi connectivity index (χ0n) is 26.0. The van der Waals surface area contributed by atoms with E-state index in [1.165, 1.54) is 18.0 Å². The van der Waals surface area contributed by atoms with E-state index in [9.17, 15) is 39.5 Å².